The molecule has 21 heavy (non-hydrogen) atoms. The Bertz CT molecular complexity index is 671. The van der Waals surface area contributed by atoms with Crippen molar-refractivity contribution in [3.8, 4) is 0 Å². The summed E-state index contributed by atoms with van der Waals surface area (Å²) in [6, 6.07) is 13.8. The van der Waals surface area contributed by atoms with Crippen molar-refractivity contribution in [2.45, 2.75) is 6.92 Å². The molecule has 0 heterocycles. The molecule has 2 rings (SSSR count). The van der Waals surface area contributed by atoms with Gasteiger partial charge in [-0.25, -0.2) is 0 Å². The Morgan fingerprint density at radius 1 is 1.14 bits per heavy atom. The highest BCUT2D eigenvalue weighted by atomic mass is 35.5. The van der Waals surface area contributed by atoms with Gasteiger partial charge in [-0.3, -0.25) is 9.59 Å². The molecule has 2 aromatic rings. The highest BCUT2D eigenvalue weighted by Gasteiger charge is 2.18. The summed E-state index contributed by atoms with van der Waals surface area (Å²) in [6.45, 7) is 2.40. The normalized spacial score (nSPS) is 10.2. The zero-order valence-electron chi connectivity index (χ0n) is 11.5. The summed E-state index contributed by atoms with van der Waals surface area (Å²) in [5, 5.41) is 0.238. The van der Waals surface area contributed by atoms with Gasteiger partial charge in [-0.1, -0.05) is 29.8 Å². The molecule has 5 heteroatoms. The van der Waals surface area contributed by atoms with Gasteiger partial charge in [-0.05, 0) is 37.3 Å². The number of amides is 2. The first-order valence-corrected chi connectivity index (χ1v) is 6.88. The molecule has 0 aliphatic heterocycles. The summed E-state index contributed by atoms with van der Waals surface area (Å²) in [5.74, 6) is -0.861. The Kier molecular flexibility index (Phi) is 4.60. The van der Waals surface area contributed by atoms with E-state index in [0.29, 0.717) is 12.1 Å². The maximum absolute atomic E-state index is 12.6. The number of halogens is 1. The molecule has 0 radical (unpaired) electrons. The number of carbonyl (C=O) groups excluding carboxylic acids is 2. The molecule has 0 bridgehead atoms. The van der Waals surface area contributed by atoms with Crippen molar-refractivity contribution in [1.82, 2.24) is 0 Å². The van der Waals surface area contributed by atoms with Crippen molar-refractivity contribution in [3.05, 3.63) is 64.7 Å². The molecular weight excluding hydrogens is 288 g/mol. The van der Waals surface area contributed by atoms with Crippen LogP contribution in [0.3, 0.4) is 0 Å². The molecule has 0 aliphatic carbocycles. The molecule has 108 valence electrons. The van der Waals surface area contributed by atoms with Crippen LogP contribution in [0, 0.1) is 0 Å². The lowest BCUT2D eigenvalue weighted by Gasteiger charge is -2.21. The first kappa shape index (κ1) is 15.1. The van der Waals surface area contributed by atoms with E-state index in [0.717, 1.165) is 5.69 Å². The fourth-order valence-electron chi connectivity index (χ4n) is 2.05. The average Bonchev–Trinajstić information content (AvgIpc) is 2.49. The molecule has 0 saturated carbocycles. The van der Waals surface area contributed by atoms with E-state index >= 15 is 0 Å². The van der Waals surface area contributed by atoms with Gasteiger partial charge in [0.25, 0.3) is 5.91 Å². The Hall–Kier alpha value is -2.33. The van der Waals surface area contributed by atoms with Crippen LogP contribution in [0.15, 0.2) is 48.5 Å². The quantitative estimate of drug-likeness (QED) is 0.943. The van der Waals surface area contributed by atoms with Crippen LogP contribution < -0.4 is 10.6 Å². The van der Waals surface area contributed by atoms with Crippen molar-refractivity contribution >= 4 is 29.1 Å². The molecule has 0 spiro atoms. The zero-order chi connectivity index (χ0) is 15.4. The van der Waals surface area contributed by atoms with Crippen molar-refractivity contribution in [2.75, 3.05) is 11.4 Å². The number of hydrogen-bond acceptors (Lipinski definition) is 2. The van der Waals surface area contributed by atoms with Gasteiger partial charge in [-0.15, -0.1) is 0 Å². The lowest BCUT2D eigenvalue weighted by atomic mass is 10.1. The second kappa shape index (κ2) is 6.41. The number of nitrogens with zero attached hydrogens (tertiary/aromatic N) is 1. The van der Waals surface area contributed by atoms with Crippen LogP contribution in [0.1, 0.15) is 27.6 Å². The van der Waals surface area contributed by atoms with Crippen LogP contribution in [-0.2, 0) is 0 Å². The van der Waals surface area contributed by atoms with Gasteiger partial charge in [0.2, 0.25) is 5.91 Å². The summed E-state index contributed by atoms with van der Waals surface area (Å²) >= 11 is 5.90. The minimum Gasteiger partial charge on any atom is -0.366 e. The molecule has 0 atom stereocenters. The SMILES string of the molecule is CCN(C(=O)c1ccc(Cl)c(C(N)=O)c1)c1ccccc1. The second-order valence-electron chi connectivity index (χ2n) is 4.44. The topological polar surface area (TPSA) is 63.4 Å². The van der Waals surface area contributed by atoms with Gasteiger partial charge in [0.15, 0.2) is 0 Å². The number of para-hydroxylation sites is 1. The summed E-state index contributed by atoms with van der Waals surface area (Å²) < 4.78 is 0. The number of hydrogen-bond donors (Lipinski definition) is 1. The van der Waals surface area contributed by atoms with E-state index in [-0.39, 0.29) is 16.5 Å². The van der Waals surface area contributed by atoms with Gasteiger partial charge in [-0.2, -0.15) is 0 Å². The van der Waals surface area contributed by atoms with Gasteiger partial charge >= 0.3 is 0 Å². The zero-order valence-corrected chi connectivity index (χ0v) is 12.3. The highest BCUT2D eigenvalue weighted by Crippen LogP contribution is 2.21. The minimum absolute atomic E-state index is 0.145. The lowest BCUT2D eigenvalue weighted by Crippen LogP contribution is -2.30. The van der Waals surface area contributed by atoms with Gasteiger partial charge < -0.3 is 10.6 Å². The maximum Gasteiger partial charge on any atom is 0.258 e. The van der Waals surface area contributed by atoms with Crippen molar-refractivity contribution in [2.24, 2.45) is 5.73 Å². The number of nitrogens with two attached hydrogens (primary N) is 1. The molecule has 0 unspecified atom stereocenters. The lowest BCUT2D eigenvalue weighted by molar-refractivity contribution is 0.0988. The third-order valence-corrected chi connectivity index (χ3v) is 3.44. The van der Waals surface area contributed by atoms with Crippen LogP contribution in [0.2, 0.25) is 5.02 Å². The average molecular weight is 303 g/mol. The summed E-state index contributed by atoms with van der Waals surface area (Å²) in [6.07, 6.45) is 0. The second-order valence-corrected chi connectivity index (χ2v) is 4.85. The van der Waals surface area contributed by atoms with Crippen LogP contribution in [0.25, 0.3) is 0 Å². The molecule has 4 nitrogen and oxygen atoms in total. The van der Waals surface area contributed by atoms with E-state index in [1.54, 1.807) is 11.0 Å². The maximum atomic E-state index is 12.6. The molecule has 2 aromatic carbocycles. The molecule has 2 N–H and O–H groups in total. The third-order valence-electron chi connectivity index (χ3n) is 3.11. The summed E-state index contributed by atoms with van der Waals surface area (Å²) in [5.41, 5.74) is 6.57. The molecular formula is C16H15ClN2O2. The number of anilines is 1. The minimum atomic E-state index is -0.655. The van der Waals surface area contributed by atoms with E-state index in [2.05, 4.69) is 0 Å². The fraction of sp³-hybridized carbons (Fsp3) is 0.125. The van der Waals surface area contributed by atoms with Crippen molar-refractivity contribution < 1.29 is 9.59 Å². The number of carbonyl (C=O) groups is 2. The molecule has 0 saturated heterocycles. The monoisotopic (exact) mass is 302 g/mol. The standard InChI is InChI=1S/C16H15ClN2O2/c1-2-19(12-6-4-3-5-7-12)16(21)11-8-9-14(17)13(10-11)15(18)20/h3-10H,2H2,1H3,(H2,18,20). The van der Waals surface area contributed by atoms with Crippen LogP contribution >= 0.6 is 11.6 Å². The van der Waals surface area contributed by atoms with Gasteiger partial charge in [0.1, 0.15) is 0 Å². The Balaban J connectivity index is 2.39. The van der Waals surface area contributed by atoms with Crippen LogP contribution in [0.5, 0.6) is 0 Å². The van der Waals surface area contributed by atoms with E-state index in [9.17, 15) is 9.59 Å². The number of primary amides is 1. The first-order valence-electron chi connectivity index (χ1n) is 6.51. The molecule has 2 amide bonds. The van der Waals surface area contributed by atoms with E-state index in [4.69, 9.17) is 17.3 Å². The number of benzene rings is 2. The molecule has 0 aliphatic rings. The Morgan fingerprint density at radius 2 is 1.81 bits per heavy atom. The smallest absolute Gasteiger partial charge is 0.258 e. The predicted molar refractivity (Wildman–Crippen MR) is 83.8 cm³/mol. The Labute approximate surface area is 128 Å². The van der Waals surface area contributed by atoms with Crippen LogP contribution in [0.4, 0.5) is 5.69 Å². The number of rotatable bonds is 4. The van der Waals surface area contributed by atoms with Crippen molar-refractivity contribution in [3.63, 3.8) is 0 Å². The first-order chi connectivity index (χ1) is 10.0. The summed E-state index contributed by atoms with van der Waals surface area (Å²) in [7, 11) is 0. The van der Waals surface area contributed by atoms with Gasteiger partial charge in [0, 0.05) is 17.8 Å². The van der Waals surface area contributed by atoms with Crippen LogP contribution in [-0.4, -0.2) is 18.4 Å². The largest absolute Gasteiger partial charge is 0.366 e. The van der Waals surface area contributed by atoms with E-state index in [1.165, 1.54) is 12.1 Å². The van der Waals surface area contributed by atoms with E-state index < -0.39 is 5.91 Å². The van der Waals surface area contributed by atoms with E-state index in [1.807, 2.05) is 37.3 Å². The third kappa shape index (κ3) is 3.23. The summed E-state index contributed by atoms with van der Waals surface area (Å²) in [4.78, 5) is 25.5. The highest BCUT2D eigenvalue weighted by molar-refractivity contribution is 6.34. The Morgan fingerprint density at radius 3 is 2.38 bits per heavy atom. The van der Waals surface area contributed by atoms with Crippen molar-refractivity contribution in [1.29, 1.82) is 0 Å². The fourth-order valence-corrected chi connectivity index (χ4v) is 2.27. The van der Waals surface area contributed by atoms with Gasteiger partial charge in [0.05, 0.1) is 10.6 Å². The molecule has 0 fully saturated rings. The molecule has 0 aromatic heterocycles. The predicted octanol–water partition coefficient (Wildman–Crippen LogP) is 3.11.